The van der Waals surface area contributed by atoms with Gasteiger partial charge in [-0.15, -0.1) is 24.0 Å². The van der Waals surface area contributed by atoms with Gasteiger partial charge in [-0.05, 0) is 31.6 Å². The number of nitrogens with zero attached hydrogens (tertiary/aromatic N) is 1. The van der Waals surface area contributed by atoms with Gasteiger partial charge in [0.15, 0.2) is 5.96 Å². The minimum absolute atomic E-state index is 0. The maximum atomic E-state index is 5.90. The molecule has 0 heterocycles. The van der Waals surface area contributed by atoms with Crippen LogP contribution in [-0.2, 0) is 0 Å². The van der Waals surface area contributed by atoms with Crippen molar-refractivity contribution in [3.63, 3.8) is 0 Å². The summed E-state index contributed by atoms with van der Waals surface area (Å²) in [6.45, 7) is 7.52. The zero-order valence-electron chi connectivity index (χ0n) is 12.2. The molecule has 1 aliphatic carbocycles. The van der Waals surface area contributed by atoms with Crippen molar-refractivity contribution in [3.8, 4) is 0 Å². The Morgan fingerprint density at radius 1 is 1.28 bits per heavy atom. The fourth-order valence-corrected chi connectivity index (χ4v) is 2.42. The molecule has 1 aliphatic rings. The molecule has 1 atom stereocenters. The van der Waals surface area contributed by atoms with Crippen LogP contribution in [0.1, 0.15) is 65.7 Å². The van der Waals surface area contributed by atoms with Gasteiger partial charge in [0.1, 0.15) is 0 Å². The lowest BCUT2D eigenvalue weighted by Gasteiger charge is -2.26. The van der Waals surface area contributed by atoms with Gasteiger partial charge in [0.05, 0.1) is 0 Å². The highest BCUT2D eigenvalue weighted by Crippen LogP contribution is 2.34. The largest absolute Gasteiger partial charge is 0.370 e. The topological polar surface area (TPSA) is 50.4 Å². The van der Waals surface area contributed by atoms with E-state index in [9.17, 15) is 0 Å². The fraction of sp³-hybridized carbons (Fsp3) is 0.929. The van der Waals surface area contributed by atoms with Gasteiger partial charge in [-0.1, -0.05) is 39.5 Å². The Morgan fingerprint density at radius 2 is 1.83 bits per heavy atom. The third kappa shape index (κ3) is 6.81. The first-order valence-corrected chi connectivity index (χ1v) is 7.12. The molecule has 0 saturated heterocycles. The SMILES string of the molecule is CCC(C)NC(N)=NCC1(C)CCCCCC1.I. The van der Waals surface area contributed by atoms with Crippen LogP contribution in [0, 0.1) is 5.41 Å². The molecule has 0 bridgehead atoms. The molecule has 0 aromatic carbocycles. The van der Waals surface area contributed by atoms with Gasteiger partial charge >= 0.3 is 0 Å². The molecule has 0 aromatic rings. The second-order valence-electron chi connectivity index (χ2n) is 5.88. The van der Waals surface area contributed by atoms with Gasteiger partial charge in [0.2, 0.25) is 0 Å². The number of rotatable bonds is 4. The van der Waals surface area contributed by atoms with Crippen LogP contribution in [0.5, 0.6) is 0 Å². The first kappa shape index (κ1) is 18.0. The highest BCUT2D eigenvalue weighted by molar-refractivity contribution is 14.0. The Bertz CT molecular complexity index is 245. The third-order valence-electron chi connectivity index (χ3n) is 3.95. The molecule has 1 rings (SSSR count). The van der Waals surface area contributed by atoms with Crippen LogP contribution in [-0.4, -0.2) is 18.5 Å². The molecule has 18 heavy (non-hydrogen) atoms. The summed E-state index contributed by atoms with van der Waals surface area (Å²) in [6.07, 6.45) is 9.16. The summed E-state index contributed by atoms with van der Waals surface area (Å²) in [5, 5.41) is 3.23. The van der Waals surface area contributed by atoms with Crippen LogP contribution in [0.3, 0.4) is 0 Å². The van der Waals surface area contributed by atoms with Crippen molar-refractivity contribution in [2.75, 3.05) is 6.54 Å². The number of nitrogens with two attached hydrogens (primary N) is 1. The van der Waals surface area contributed by atoms with Crippen molar-refractivity contribution in [2.45, 2.75) is 71.8 Å². The van der Waals surface area contributed by atoms with Crippen molar-refractivity contribution in [1.29, 1.82) is 0 Å². The van der Waals surface area contributed by atoms with Crippen LogP contribution in [0.25, 0.3) is 0 Å². The van der Waals surface area contributed by atoms with Crippen LogP contribution in [0.15, 0.2) is 4.99 Å². The molecule has 1 fully saturated rings. The van der Waals surface area contributed by atoms with Crippen LogP contribution >= 0.6 is 24.0 Å². The summed E-state index contributed by atoms with van der Waals surface area (Å²) in [4.78, 5) is 4.53. The summed E-state index contributed by atoms with van der Waals surface area (Å²) in [5.74, 6) is 0.616. The van der Waals surface area contributed by atoms with E-state index in [1.165, 1.54) is 38.5 Å². The van der Waals surface area contributed by atoms with Gasteiger partial charge in [-0.3, -0.25) is 4.99 Å². The van der Waals surface area contributed by atoms with Crippen molar-refractivity contribution in [2.24, 2.45) is 16.1 Å². The Balaban J connectivity index is 0.00000289. The Kier molecular flexibility index (Phi) is 8.99. The van der Waals surface area contributed by atoms with E-state index in [0.29, 0.717) is 17.4 Å². The molecule has 0 spiro atoms. The number of halogens is 1. The smallest absolute Gasteiger partial charge is 0.188 e. The second kappa shape index (κ2) is 8.99. The minimum Gasteiger partial charge on any atom is -0.370 e. The quantitative estimate of drug-likeness (QED) is 0.345. The van der Waals surface area contributed by atoms with Crippen molar-refractivity contribution < 1.29 is 0 Å². The summed E-state index contributed by atoms with van der Waals surface area (Å²) >= 11 is 0. The van der Waals surface area contributed by atoms with Gasteiger partial charge in [-0.2, -0.15) is 0 Å². The van der Waals surface area contributed by atoms with Crippen molar-refractivity contribution in [3.05, 3.63) is 0 Å². The number of guanidine groups is 1. The molecule has 1 saturated carbocycles. The molecule has 108 valence electrons. The van der Waals surface area contributed by atoms with E-state index in [0.717, 1.165) is 13.0 Å². The Labute approximate surface area is 129 Å². The lowest BCUT2D eigenvalue weighted by atomic mass is 9.83. The van der Waals surface area contributed by atoms with Crippen molar-refractivity contribution >= 4 is 29.9 Å². The second-order valence-corrected chi connectivity index (χ2v) is 5.88. The first-order valence-electron chi connectivity index (χ1n) is 7.12. The highest BCUT2D eigenvalue weighted by atomic mass is 127. The normalized spacial score (nSPS) is 21.6. The van der Waals surface area contributed by atoms with Crippen LogP contribution < -0.4 is 11.1 Å². The van der Waals surface area contributed by atoms with Gasteiger partial charge in [0, 0.05) is 12.6 Å². The van der Waals surface area contributed by atoms with E-state index in [4.69, 9.17) is 5.73 Å². The predicted molar refractivity (Wildman–Crippen MR) is 90.6 cm³/mol. The molecule has 3 nitrogen and oxygen atoms in total. The monoisotopic (exact) mass is 367 g/mol. The van der Waals surface area contributed by atoms with E-state index in [2.05, 4.69) is 31.1 Å². The molecule has 0 radical (unpaired) electrons. The Hall–Kier alpha value is 0. The van der Waals surface area contributed by atoms with E-state index >= 15 is 0 Å². The molecule has 0 aromatic heterocycles. The summed E-state index contributed by atoms with van der Waals surface area (Å²) in [5.41, 5.74) is 6.28. The molecular weight excluding hydrogens is 337 g/mol. The van der Waals surface area contributed by atoms with E-state index in [1.807, 2.05) is 0 Å². The standard InChI is InChI=1S/C14H29N3.HI/c1-4-12(2)17-13(15)16-11-14(3)9-7-5-6-8-10-14;/h12H,4-11H2,1-3H3,(H3,15,16,17);1H. The highest BCUT2D eigenvalue weighted by Gasteiger charge is 2.25. The zero-order chi connectivity index (χ0) is 12.7. The van der Waals surface area contributed by atoms with E-state index in [-0.39, 0.29) is 24.0 Å². The molecule has 0 amide bonds. The summed E-state index contributed by atoms with van der Waals surface area (Å²) < 4.78 is 0. The molecule has 0 aliphatic heterocycles. The molecule has 1 unspecified atom stereocenters. The average Bonchev–Trinajstić information content (AvgIpc) is 2.52. The number of nitrogens with one attached hydrogen (secondary N) is 1. The zero-order valence-corrected chi connectivity index (χ0v) is 14.5. The predicted octanol–water partition coefficient (Wildman–Crippen LogP) is 3.67. The first-order chi connectivity index (χ1) is 8.06. The van der Waals surface area contributed by atoms with Gasteiger partial charge in [0.25, 0.3) is 0 Å². The molecule has 3 N–H and O–H groups in total. The maximum Gasteiger partial charge on any atom is 0.188 e. The Morgan fingerprint density at radius 3 is 2.33 bits per heavy atom. The van der Waals surface area contributed by atoms with Crippen LogP contribution in [0.4, 0.5) is 0 Å². The summed E-state index contributed by atoms with van der Waals surface area (Å²) in [6, 6.07) is 0.417. The maximum absolute atomic E-state index is 5.90. The number of aliphatic imine (C=N–C) groups is 1. The van der Waals surface area contributed by atoms with Gasteiger partial charge in [-0.25, -0.2) is 0 Å². The average molecular weight is 367 g/mol. The van der Waals surface area contributed by atoms with Gasteiger partial charge < -0.3 is 11.1 Å². The minimum atomic E-state index is 0. The van der Waals surface area contributed by atoms with Crippen molar-refractivity contribution in [1.82, 2.24) is 5.32 Å². The number of hydrogen-bond acceptors (Lipinski definition) is 1. The lowest BCUT2D eigenvalue weighted by molar-refractivity contribution is 0.289. The lowest BCUT2D eigenvalue weighted by Crippen LogP contribution is -2.39. The van der Waals surface area contributed by atoms with E-state index < -0.39 is 0 Å². The molecule has 4 heteroatoms. The van der Waals surface area contributed by atoms with Crippen LogP contribution in [0.2, 0.25) is 0 Å². The third-order valence-corrected chi connectivity index (χ3v) is 3.95. The molecular formula is C14H30IN3. The summed E-state index contributed by atoms with van der Waals surface area (Å²) in [7, 11) is 0. The fourth-order valence-electron chi connectivity index (χ4n) is 2.42. The number of hydrogen-bond donors (Lipinski definition) is 2. The van der Waals surface area contributed by atoms with E-state index in [1.54, 1.807) is 0 Å².